The lowest BCUT2D eigenvalue weighted by Gasteiger charge is -2.29. The molecule has 0 N–H and O–H groups in total. The molecule has 0 aromatic carbocycles. The second kappa shape index (κ2) is 8.10. The van der Waals surface area contributed by atoms with Crippen LogP contribution < -0.4 is 4.90 Å². The number of sulfone groups is 1. The van der Waals surface area contributed by atoms with Gasteiger partial charge in [0, 0.05) is 56.1 Å². The zero-order valence-electron chi connectivity index (χ0n) is 16.3. The Kier molecular flexibility index (Phi) is 5.79. The van der Waals surface area contributed by atoms with E-state index < -0.39 is 9.84 Å². The van der Waals surface area contributed by atoms with E-state index in [0.29, 0.717) is 13.1 Å². The highest BCUT2D eigenvalue weighted by Crippen LogP contribution is 2.25. The van der Waals surface area contributed by atoms with Gasteiger partial charge in [0.1, 0.15) is 15.7 Å². The van der Waals surface area contributed by atoms with E-state index in [-0.39, 0.29) is 18.1 Å². The van der Waals surface area contributed by atoms with Crippen molar-refractivity contribution in [3.8, 4) is 11.3 Å². The van der Waals surface area contributed by atoms with Crippen LogP contribution in [0.15, 0.2) is 43.0 Å². The van der Waals surface area contributed by atoms with Crippen LogP contribution in [-0.2, 0) is 14.6 Å². The van der Waals surface area contributed by atoms with Gasteiger partial charge in [0.2, 0.25) is 5.91 Å². The third-order valence-electron chi connectivity index (χ3n) is 4.54. The fourth-order valence-electron chi connectivity index (χ4n) is 3.08. The Balaban J connectivity index is 1.73. The summed E-state index contributed by atoms with van der Waals surface area (Å²) in [6.07, 6.45) is 8.21. The second-order valence-electron chi connectivity index (χ2n) is 7.04. The molecule has 0 atom stereocenters. The lowest BCUT2D eigenvalue weighted by molar-refractivity contribution is -0.128. The van der Waals surface area contributed by atoms with Crippen LogP contribution in [0.2, 0.25) is 0 Å². The standard InChI is InChI=1S/C20H24N4O3S/c1-15-12-16(2)20(22-14-15)17-4-6-21-18(13-17)23-7-9-24(10-8-23)19(25)5-11-28(3,26)27/h4,6-7,9,12-14H,5,8,10-11H2,1-3H3. The van der Waals surface area contributed by atoms with Gasteiger partial charge in [-0.1, -0.05) is 6.07 Å². The van der Waals surface area contributed by atoms with Crippen LogP contribution in [-0.4, -0.2) is 54.3 Å². The van der Waals surface area contributed by atoms with Gasteiger partial charge in [0.25, 0.3) is 0 Å². The van der Waals surface area contributed by atoms with Crippen LogP contribution >= 0.6 is 0 Å². The monoisotopic (exact) mass is 400 g/mol. The summed E-state index contributed by atoms with van der Waals surface area (Å²) in [6, 6.07) is 6.02. The Hall–Kier alpha value is -2.74. The first kappa shape index (κ1) is 20.0. The van der Waals surface area contributed by atoms with Crippen molar-refractivity contribution >= 4 is 21.6 Å². The van der Waals surface area contributed by atoms with Gasteiger partial charge in [0.05, 0.1) is 11.4 Å². The first-order valence-corrected chi connectivity index (χ1v) is 11.1. The molecule has 0 saturated carbocycles. The van der Waals surface area contributed by atoms with Crippen LogP contribution in [0.25, 0.3) is 11.3 Å². The minimum atomic E-state index is -3.15. The zero-order valence-corrected chi connectivity index (χ0v) is 17.1. The average molecular weight is 401 g/mol. The summed E-state index contributed by atoms with van der Waals surface area (Å²) in [5.41, 5.74) is 4.14. The lowest BCUT2D eigenvalue weighted by Crippen LogP contribution is -2.38. The molecule has 0 spiro atoms. The summed E-state index contributed by atoms with van der Waals surface area (Å²) in [5.74, 6) is 0.452. The maximum atomic E-state index is 12.2. The van der Waals surface area contributed by atoms with Gasteiger partial charge >= 0.3 is 0 Å². The Bertz CT molecular complexity index is 1020. The molecule has 2 aromatic heterocycles. The molecule has 1 aliphatic heterocycles. The minimum absolute atomic E-state index is 0.00468. The number of amides is 1. The molecule has 0 fully saturated rings. The van der Waals surface area contributed by atoms with Crippen LogP contribution in [0.5, 0.6) is 0 Å². The number of anilines is 1. The molecule has 1 amide bonds. The molecule has 3 heterocycles. The quantitative estimate of drug-likeness (QED) is 0.766. The number of aryl methyl sites for hydroxylation is 2. The highest BCUT2D eigenvalue weighted by atomic mass is 32.2. The molecule has 148 valence electrons. The van der Waals surface area contributed by atoms with Crippen LogP contribution in [0, 0.1) is 13.8 Å². The zero-order chi connectivity index (χ0) is 20.3. The van der Waals surface area contributed by atoms with E-state index in [1.165, 1.54) is 0 Å². The first-order valence-electron chi connectivity index (χ1n) is 9.05. The Morgan fingerprint density at radius 2 is 1.93 bits per heavy atom. The van der Waals surface area contributed by atoms with E-state index in [1.807, 2.05) is 37.1 Å². The molecule has 8 heteroatoms. The number of pyridine rings is 2. The van der Waals surface area contributed by atoms with E-state index >= 15 is 0 Å². The van der Waals surface area contributed by atoms with Gasteiger partial charge in [0.15, 0.2) is 0 Å². The molecule has 0 aliphatic carbocycles. The number of hydrogen-bond donors (Lipinski definition) is 0. The fourth-order valence-corrected chi connectivity index (χ4v) is 3.63. The maximum absolute atomic E-state index is 12.2. The van der Waals surface area contributed by atoms with Crippen molar-refractivity contribution < 1.29 is 13.2 Å². The molecule has 0 saturated heterocycles. The number of nitrogens with zero attached hydrogens (tertiary/aromatic N) is 4. The fraction of sp³-hybridized carbons (Fsp3) is 0.350. The van der Waals surface area contributed by atoms with Crippen molar-refractivity contribution in [1.29, 1.82) is 0 Å². The summed E-state index contributed by atoms with van der Waals surface area (Å²) in [4.78, 5) is 24.7. The summed E-state index contributed by atoms with van der Waals surface area (Å²) in [5, 5.41) is 0. The van der Waals surface area contributed by atoms with E-state index in [4.69, 9.17) is 0 Å². The summed E-state index contributed by atoms with van der Waals surface area (Å²) < 4.78 is 22.5. The van der Waals surface area contributed by atoms with Crippen molar-refractivity contribution in [3.05, 3.63) is 54.1 Å². The lowest BCUT2D eigenvalue weighted by atomic mass is 10.1. The normalized spacial score (nSPS) is 14.4. The Morgan fingerprint density at radius 1 is 1.14 bits per heavy atom. The SMILES string of the molecule is Cc1cnc(-c2ccnc(N3C=CN(C(=O)CCS(C)(=O)=O)CC3)c2)c(C)c1. The summed E-state index contributed by atoms with van der Waals surface area (Å²) in [7, 11) is -3.15. The Morgan fingerprint density at radius 3 is 2.57 bits per heavy atom. The second-order valence-corrected chi connectivity index (χ2v) is 9.30. The van der Waals surface area contributed by atoms with Crippen molar-refractivity contribution in [2.75, 3.05) is 30.0 Å². The molecule has 0 bridgehead atoms. The van der Waals surface area contributed by atoms with Gasteiger partial charge in [-0.3, -0.25) is 9.78 Å². The van der Waals surface area contributed by atoms with Gasteiger partial charge in [-0.15, -0.1) is 0 Å². The molecular formula is C20H24N4O3S. The molecule has 3 rings (SSSR count). The largest absolute Gasteiger partial charge is 0.330 e. The van der Waals surface area contributed by atoms with Crippen molar-refractivity contribution in [1.82, 2.24) is 14.9 Å². The summed E-state index contributed by atoms with van der Waals surface area (Å²) in [6.45, 7) is 5.12. The highest BCUT2D eigenvalue weighted by molar-refractivity contribution is 7.90. The summed E-state index contributed by atoms with van der Waals surface area (Å²) >= 11 is 0. The number of carbonyl (C=O) groups is 1. The number of carbonyl (C=O) groups excluding carboxylic acids is 1. The first-order chi connectivity index (χ1) is 13.2. The predicted octanol–water partition coefficient (Wildman–Crippen LogP) is 2.31. The van der Waals surface area contributed by atoms with Crippen LogP contribution in [0.4, 0.5) is 5.82 Å². The average Bonchev–Trinajstić information content (AvgIpc) is 2.66. The predicted molar refractivity (Wildman–Crippen MR) is 109 cm³/mol. The topological polar surface area (TPSA) is 83.5 Å². The van der Waals surface area contributed by atoms with E-state index in [1.54, 1.807) is 23.5 Å². The molecular weight excluding hydrogens is 376 g/mol. The van der Waals surface area contributed by atoms with Crippen molar-refractivity contribution in [3.63, 3.8) is 0 Å². The molecule has 28 heavy (non-hydrogen) atoms. The van der Waals surface area contributed by atoms with Crippen molar-refractivity contribution in [2.24, 2.45) is 0 Å². The highest BCUT2D eigenvalue weighted by Gasteiger charge is 2.19. The number of rotatable bonds is 5. The Labute approximate surface area is 165 Å². The number of aromatic nitrogens is 2. The molecule has 0 unspecified atom stereocenters. The van der Waals surface area contributed by atoms with Gasteiger partial charge in [-0.25, -0.2) is 13.4 Å². The number of hydrogen-bond acceptors (Lipinski definition) is 6. The van der Waals surface area contributed by atoms with Crippen LogP contribution in [0.3, 0.4) is 0 Å². The van der Waals surface area contributed by atoms with Gasteiger partial charge in [-0.05, 0) is 37.1 Å². The van der Waals surface area contributed by atoms with Gasteiger partial charge < -0.3 is 9.80 Å². The van der Waals surface area contributed by atoms with E-state index in [2.05, 4.69) is 16.0 Å². The third kappa shape index (κ3) is 4.95. The smallest absolute Gasteiger partial charge is 0.227 e. The molecule has 7 nitrogen and oxygen atoms in total. The van der Waals surface area contributed by atoms with Gasteiger partial charge in [-0.2, -0.15) is 0 Å². The van der Waals surface area contributed by atoms with E-state index in [0.717, 1.165) is 34.5 Å². The maximum Gasteiger partial charge on any atom is 0.227 e. The van der Waals surface area contributed by atoms with Crippen LogP contribution in [0.1, 0.15) is 17.5 Å². The third-order valence-corrected chi connectivity index (χ3v) is 5.49. The minimum Gasteiger partial charge on any atom is -0.330 e. The van der Waals surface area contributed by atoms with Crippen molar-refractivity contribution in [2.45, 2.75) is 20.3 Å². The molecule has 0 radical (unpaired) electrons. The molecule has 1 aliphatic rings. The molecule has 2 aromatic rings. The van der Waals surface area contributed by atoms with E-state index in [9.17, 15) is 13.2 Å².